The van der Waals surface area contributed by atoms with E-state index in [0.717, 1.165) is 5.56 Å². The van der Waals surface area contributed by atoms with Crippen molar-refractivity contribution in [2.24, 2.45) is 0 Å². The Morgan fingerprint density at radius 2 is 1.69 bits per heavy atom. The molecule has 2 aromatic rings. The second-order valence-electron chi connectivity index (χ2n) is 6.00. The zero-order valence-electron chi connectivity index (χ0n) is 14.5. The van der Waals surface area contributed by atoms with Crippen molar-refractivity contribution in [1.82, 2.24) is 4.31 Å². The topological polar surface area (TPSA) is 101 Å². The summed E-state index contributed by atoms with van der Waals surface area (Å²) in [7, 11) is -4.06. The van der Waals surface area contributed by atoms with E-state index in [1.807, 2.05) is 30.3 Å². The van der Waals surface area contributed by atoms with E-state index >= 15 is 0 Å². The molecule has 0 heterocycles. The molecule has 0 spiro atoms. The number of nitro benzene ring substituents is 1. The minimum Gasteiger partial charge on any atom is -0.393 e. The average Bonchev–Trinajstić information content (AvgIpc) is 2.62. The molecule has 2 aromatic carbocycles. The van der Waals surface area contributed by atoms with Crippen LogP contribution in [0.4, 0.5) is 5.69 Å². The second kappa shape index (κ2) is 8.88. The van der Waals surface area contributed by atoms with Gasteiger partial charge in [0.15, 0.2) is 4.90 Å². The first kappa shape index (κ1) is 20.0. The van der Waals surface area contributed by atoms with E-state index in [2.05, 4.69) is 0 Å². The third-order valence-electron chi connectivity index (χ3n) is 3.97. The third kappa shape index (κ3) is 5.10. The van der Waals surface area contributed by atoms with Crippen molar-refractivity contribution in [1.29, 1.82) is 0 Å². The molecule has 0 aliphatic rings. The van der Waals surface area contributed by atoms with Crippen LogP contribution in [-0.2, 0) is 16.4 Å². The summed E-state index contributed by atoms with van der Waals surface area (Å²) in [6, 6.07) is 14.7. The number of para-hydroxylation sites is 1. The van der Waals surface area contributed by atoms with Crippen LogP contribution in [-0.4, -0.2) is 41.9 Å². The molecule has 0 aliphatic heterocycles. The van der Waals surface area contributed by atoms with Gasteiger partial charge in [-0.3, -0.25) is 10.1 Å². The van der Waals surface area contributed by atoms with E-state index in [-0.39, 0.29) is 24.4 Å². The summed E-state index contributed by atoms with van der Waals surface area (Å²) in [5.74, 6) is 0. The van der Waals surface area contributed by atoms with Crippen molar-refractivity contribution in [2.45, 2.75) is 30.8 Å². The van der Waals surface area contributed by atoms with Crippen LogP contribution in [0.3, 0.4) is 0 Å². The van der Waals surface area contributed by atoms with Crippen LogP contribution in [0.15, 0.2) is 59.5 Å². The van der Waals surface area contributed by atoms with Gasteiger partial charge in [-0.25, -0.2) is 8.42 Å². The van der Waals surface area contributed by atoms with Crippen LogP contribution in [0.5, 0.6) is 0 Å². The number of nitrogens with zero attached hydrogens (tertiary/aromatic N) is 2. The normalized spacial score (nSPS) is 12.9. The molecule has 140 valence electrons. The highest BCUT2D eigenvalue weighted by Crippen LogP contribution is 2.26. The van der Waals surface area contributed by atoms with Crippen LogP contribution in [0.1, 0.15) is 18.9 Å². The SMILES string of the molecule is CC(O)CCN(CCc1ccccc1)S(=O)(=O)c1ccccc1[N+](=O)[O-]. The van der Waals surface area contributed by atoms with Crippen molar-refractivity contribution in [2.75, 3.05) is 13.1 Å². The van der Waals surface area contributed by atoms with Gasteiger partial charge in [0.2, 0.25) is 10.0 Å². The first-order chi connectivity index (χ1) is 12.3. The zero-order chi connectivity index (χ0) is 19.2. The highest BCUT2D eigenvalue weighted by atomic mass is 32.2. The van der Waals surface area contributed by atoms with Crippen LogP contribution in [0.2, 0.25) is 0 Å². The van der Waals surface area contributed by atoms with Gasteiger partial charge in [0.1, 0.15) is 0 Å². The predicted molar refractivity (Wildman–Crippen MR) is 98.3 cm³/mol. The first-order valence-corrected chi connectivity index (χ1v) is 9.72. The molecule has 0 saturated heterocycles. The molecule has 1 unspecified atom stereocenters. The maximum atomic E-state index is 13.0. The number of rotatable bonds is 9. The summed E-state index contributed by atoms with van der Waals surface area (Å²) in [4.78, 5) is 10.2. The van der Waals surface area contributed by atoms with Crippen LogP contribution < -0.4 is 0 Å². The Kier molecular flexibility index (Phi) is 6.84. The van der Waals surface area contributed by atoms with Crippen molar-refractivity contribution >= 4 is 15.7 Å². The average molecular weight is 378 g/mol. The lowest BCUT2D eigenvalue weighted by Gasteiger charge is -2.23. The largest absolute Gasteiger partial charge is 0.393 e. The molecule has 1 atom stereocenters. The molecule has 8 heteroatoms. The molecular weight excluding hydrogens is 356 g/mol. The van der Waals surface area contributed by atoms with Crippen molar-refractivity contribution < 1.29 is 18.4 Å². The van der Waals surface area contributed by atoms with E-state index in [1.165, 1.54) is 28.6 Å². The van der Waals surface area contributed by atoms with Gasteiger partial charge in [-0.1, -0.05) is 42.5 Å². The maximum absolute atomic E-state index is 13.0. The maximum Gasteiger partial charge on any atom is 0.289 e. The smallest absolute Gasteiger partial charge is 0.289 e. The third-order valence-corrected chi connectivity index (χ3v) is 5.91. The summed E-state index contributed by atoms with van der Waals surface area (Å²) in [5.41, 5.74) is 0.515. The number of benzene rings is 2. The van der Waals surface area contributed by atoms with E-state index in [1.54, 1.807) is 6.92 Å². The van der Waals surface area contributed by atoms with Gasteiger partial charge in [0, 0.05) is 19.2 Å². The fourth-order valence-corrected chi connectivity index (χ4v) is 4.16. The van der Waals surface area contributed by atoms with Gasteiger partial charge < -0.3 is 5.11 Å². The van der Waals surface area contributed by atoms with Crippen molar-refractivity contribution in [3.8, 4) is 0 Å². The monoisotopic (exact) mass is 378 g/mol. The van der Waals surface area contributed by atoms with Gasteiger partial charge in [-0.05, 0) is 31.4 Å². The Balaban J connectivity index is 2.32. The van der Waals surface area contributed by atoms with Crippen molar-refractivity contribution in [3.05, 3.63) is 70.3 Å². The van der Waals surface area contributed by atoms with Crippen LogP contribution in [0.25, 0.3) is 0 Å². The minimum atomic E-state index is -4.06. The molecule has 26 heavy (non-hydrogen) atoms. The number of nitro groups is 1. The quantitative estimate of drug-likeness (QED) is 0.534. The molecular formula is C18H22N2O5S. The predicted octanol–water partition coefficient (Wildman–Crippen LogP) is 2.60. The zero-order valence-corrected chi connectivity index (χ0v) is 15.3. The molecule has 1 N–H and O–H groups in total. The molecule has 0 aliphatic carbocycles. The molecule has 0 amide bonds. The molecule has 0 aromatic heterocycles. The molecule has 7 nitrogen and oxygen atoms in total. The Labute approximate surface area is 153 Å². The lowest BCUT2D eigenvalue weighted by atomic mass is 10.1. The summed E-state index contributed by atoms with van der Waals surface area (Å²) < 4.78 is 27.3. The van der Waals surface area contributed by atoms with Crippen LogP contribution >= 0.6 is 0 Å². The first-order valence-electron chi connectivity index (χ1n) is 8.28. The molecule has 0 saturated carbocycles. The van der Waals surface area contributed by atoms with E-state index < -0.39 is 26.7 Å². The number of sulfonamides is 1. The molecule has 0 radical (unpaired) electrons. The lowest BCUT2D eigenvalue weighted by Crippen LogP contribution is -2.35. The highest BCUT2D eigenvalue weighted by molar-refractivity contribution is 7.89. The van der Waals surface area contributed by atoms with Gasteiger partial charge in [0.25, 0.3) is 5.69 Å². The van der Waals surface area contributed by atoms with Crippen molar-refractivity contribution in [3.63, 3.8) is 0 Å². The fraction of sp³-hybridized carbons (Fsp3) is 0.333. The molecule has 2 rings (SSSR count). The Morgan fingerprint density at radius 1 is 1.08 bits per heavy atom. The van der Waals surface area contributed by atoms with Gasteiger partial charge in [0.05, 0.1) is 11.0 Å². The summed E-state index contributed by atoms with van der Waals surface area (Å²) in [5, 5.41) is 20.8. The lowest BCUT2D eigenvalue weighted by molar-refractivity contribution is -0.387. The minimum absolute atomic E-state index is 0.0822. The van der Waals surface area contributed by atoms with Crippen LogP contribution in [0, 0.1) is 10.1 Å². The van der Waals surface area contributed by atoms with Gasteiger partial charge in [-0.2, -0.15) is 4.31 Å². The van der Waals surface area contributed by atoms with E-state index in [0.29, 0.717) is 6.42 Å². The van der Waals surface area contributed by atoms with E-state index in [9.17, 15) is 23.6 Å². The molecule has 0 fully saturated rings. The number of hydrogen-bond acceptors (Lipinski definition) is 5. The summed E-state index contributed by atoms with van der Waals surface area (Å²) in [6.07, 6.45) is 0.0463. The number of aliphatic hydroxyl groups is 1. The molecule has 0 bridgehead atoms. The summed E-state index contributed by atoms with van der Waals surface area (Å²) >= 11 is 0. The fourth-order valence-electron chi connectivity index (χ4n) is 2.55. The number of aliphatic hydroxyl groups excluding tert-OH is 1. The number of hydrogen-bond donors (Lipinski definition) is 1. The summed E-state index contributed by atoms with van der Waals surface area (Å²) in [6.45, 7) is 1.83. The highest BCUT2D eigenvalue weighted by Gasteiger charge is 2.31. The Morgan fingerprint density at radius 3 is 2.31 bits per heavy atom. The Hall–Kier alpha value is -2.29. The second-order valence-corrected chi connectivity index (χ2v) is 7.91. The Bertz CT molecular complexity index is 838. The standard InChI is InChI=1S/C18H22N2O5S/c1-15(21)11-13-19(14-12-16-7-3-2-4-8-16)26(24,25)18-10-6-5-9-17(18)20(22)23/h2-10,15,21H,11-14H2,1H3. The van der Waals surface area contributed by atoms with Gasteiger partial charge >= 0.3 is 0 Å². The van der Waals surface area contributed by atoms with E-state index in [4.69, 9.17) is 0 Å². The van der Waals surface area contributed by atoms with Gasteiger partial charge in [-0.15, -0.1) is 0 Å².